The van der Waals surface area contributed by atoms with Gasteiger partial charge in [-0.3, -0.25) is 0 Å². The minimum absolute atomic E-state index is 0.0416. The van der Waals surface area contributed by atoms with Crippen molar-refractivity contribution in [1.82, 2.24) is 0 Å². The van der Waals surface area contributed by atoms with Crippen LogP contribution in [-0.2, 0) is 14.6 Å². The fourth-order valence-electron chi connectivity index (χ4n) is 2.06. The minimum Gasteiger partial charge on any atom is -0.396 e. The van der Waals surface area contributed by atoms with E-state index >= 15 is 0 Å². The summed E-state index contributed by atoms with van der Waals surface area (Å²) in [6.07, 6.45) is 0.953. The summed E-state index contributed by atoms with van der Waals surface area (Å²) in [7, 11) is -3.45. The van der Waals surface area contributed by atoms with Crippen molar-refractivity contribution >= 4 is 31.9 Å². The summed E-state index contributed by atoms with van der Waals surface area (Å²) in [5.74, 6) is 0.320. The Balaban J connectivity index is 2.29. The highest BCUT2D eigenvalue weighted by Crippen LogP contribution is 2.39. The molecule has 1 aliphatic rings. The zero-order chi connectivity index (χ0) is 14.8. The van der Waals surface area contributed by atoms with Gasteiger partial charge in [-0.2, -0.15) is 5.26 Å². The zero-order valence-electron chi connectivity index (χ0n) is 11.2. The molecule has 1 saturated heterocycles. The third-order valence-electron chi connectivity index (χ3n) is 3.27. The largest absolute Gasteiger partial charge is 0.396 e. The maximum atomic E-state index is 12.1. The van der Waals surface area contributed by atoms with E-state index < -0.39 is 9.84 Å². The van der Waals surface area contributed by atoms with Crippen molar-refractivity contribution in [2.24, 2.45) is 5.92 Å². The van der Waals surface area contributed by atoms with Crippen LogP contribution >= 0.6 is 11.3 Å². The molecule has 110 valence electrons. The van der Waals surface area contributed by atoms with Crippen molar-refractivity contribution in [2.75, 3.05) is 36.6 Å². The van der Waals surface area contributed by atoms with E-state index in [0.717, 1.165) is 24.4 Å². The van der Waals surface area contributed by atoms with E-state index in [4.69, 9.17) is 15.7 Å². The van der Waals surface area contributed by atoms with E-state index in [0.29, 0.717) is 24.1 Å². The van der Waals surface area contributed by atoms with Gasteiger partial charge in [0, 0.05) is 19.1 Å². The number of hydrogen-bond donors (Lipinski definition) is 2. The quantitative estimate of drug-likeness (QED) is 0.852. The van der Waals surface area contributed by atoms with Gasteiger partial charge in [-0.25, -0.2) is 8.42 Å². The van der Waals surface area contributed by atoms with Gasteiger partial charge >= 0.3 is 0 Å². The Morgan fingerprint density at radius 2 is 2.35 bits per heavy atom. The molecule has 2 heterocycles. The van der Waals surface area contributed by atoms with Gasteiger partial charge < -0.3 is 15.8 Å². The summed E-state index contributed by atoms with van der Waals surface area (Å²) in [6.45, 7) is 3.60. The molecule has 1 atom stereocenters. The topological polar surface area (TPSA) is 105 Å². The molecule has 0 aromatic carbocycles. The summed E-state index contributed by atoms with van der Waals surface area (Å²) < 4.78 is 29.5. The van der Waals surface area contributed by atoms with Crippen molar-refractivity contribution in [3.05, 3.63) is 4.88 Å². The minimum atomic E-state index is -3.45. The molecule has 0 saturated carbocycles. The standard InChI is InChI=1S/C12H17N3O3S2/c1-2-20(16,17)11-10(14)9(5-13)19-12(11)15-6-8-3-4-18-7-8/h8,15H,2-4,6-7,14H2,1H3. The van der Waals surface area contributed by atoms with Gasteiger partial charge in [-0.05, 0) is 6.42 Å². The van der Waals surface area contributed by atoms with Gasteiger partial charge in [-0.15, -0.1) is 11.3 Å². The number of anilines is 2. The lowest BCUT2D eigenvalue weighted by Crippen LogP contribution is -2.15. The molecule has 1 unspecified atom stereocenters. The van der Waals surface area contributed by atoms with Crippen LogP contribution < -0.4 is 11.1 Å². The number of hydrogen-bond acceptors (Lipinski definition) is 7. The Kier molecular flexibility index (Phi) is 4.52. The van der Waals surface area contributed by atoms with Crippen LogP contribution in [0.5, 0.6) is 0 Å². The highest BCUT2D eigenvalue weighted by molar-refractivity contribution is 7.91. The summed E-state index contributed by atoms with van der Waals surface area (Å²) >= 11 is 1.09. The predicted molar refractivity (Wildman–Crippen MR) is 78.6 cm³/mol. The lowest BCUT2D eigenvalue weighted by molar-refractivity contribution is 0.187. The zero-order valence-corrected chi connectivity index (χ0v) is 12.8. The number of sulfone groups is 1. The summed E-state index contributed by atoms with van der Waals surface area (Å²) in [5.41, 5.74) is 5.86. The Morgan fingerprint density at radius 1 is 1.60 bits per heavy atom. The SMILES string of the molecule is CCS(=O)(=O)c1c(NCC2CCOC2)sc(C#N)c1N. The number of thiophene rings is 1. The summed E-state index contributed by atoms with van der Waals surface area (Å²) in [4.78, 5) is 0.308. The molecule has 2 rings (SSSR count). The lowest BCUT2D eigenvalue weighted by Gasteiger charge is -2.11. The molecule has 1 fully saturated rings. The Morgan fingerprint density at radius 3 is 2.90 bits per heavy atom. The number of nitrogens with zero attached hydrogens (tertiary/aromatic N) is 1. The maximum Gasteiger partial charge on any atom is 0.183 e. The average Bonchev–Trinajstić information content (AvgIpc) is 3.03. The molecule has 3 N–H and O–H groups in total. The molecule has 0 spiro atoms. The lowest BCUT2D eigenvalue weighted by atomic mass is 10.1. The number of rotatable bonds is 5. The molecule has 0 amide bonds. The average molecular weight is 315 g/mol. The Hall–Kier alpha value is -1.30. The van der Waals surface area contributed by atoms with Crippen molar-refractivity contribution < 1.29 is 13.2 Å². The van der Waals surface area contributed by atoms with Crippen molar-refractivity contribution in [2.45, 2.75) is 18.2 Å². The summed E-state index contributed by atoms with van der Waals surface area (Å²) in [5, 5.41) is 12.6. The first kappa shape index (κ1) is 15.1. The second-order valence-electron chi connectivity index (χ2n) is 4.63. The van der Waals surface area contributed by atoms with Gasteiger partial charge in [0.25, 0.3) is 0 Å². The second kappa shape index (κ2) is 5.99. The van der Waals surface area contributed by atoms with Gasteiger partial charge in [0.05, 0.1) is 18.0 Å². The third-order valence-corrected chi connectivity index (χ3v) is 6.27. The molecular weight excluding hydrogens is 298 g/mol. The Bertz CT molecular complexity index is 625. The van der Waals surface area contributed by atoms with Crippen LogP contribution in [0.3, 0.4) is 0 Å². The molecule has 1 aromatic rings. The third kappa shape index (κ3) is 2.90. The monoisotopic (exact) mass is 315 g/mol. The molecule has 6 nitrogen and oxygen atoms in total. The van der Waals surface area contributed by atoms with Crippen LogP contribution in [0.1, 0.15) is 18.2 Å². The molecule has 1 aliphatic heterocycles. The highest BCUT2D eigenvalue weighted by atomic mass is 32.2. The smallest absolute Gasteiger partial charge is 0.183 e. The number of ether oxygens (including phenoxy) is 1. The number of nitriles is 1. The van der Waals surface area contributed by atoms with E-state index in [1.807, 2.05) is 6.07 Å². The van der Waals surface area contributed by atoms with Crippen LogP contribution in [0.15, 0.2) is 4.90 Å². The molecule has 20 heavy (non-hydrogen) atoms. The van der Waals surface area contributed by atoms with E-state index in [2.05, 4.69) is 5.32 Å². The maximum absolute atomic E-state index is 12.1. The number of nitrogens with two attached hydrogens (primary N) is 1. The molecule has 0 aliphatic carbocycles. The van der Waals surface area contributed by atoms with Crippen LogP contribution in [0.25, 0.3) is 0 Å². The Labute approximate surface area is 122 Å². The fourth-order valence-corrected chi connectivity index (χ4v) is 4.53. The van der Waals surface area contributed by atoms with Crippen LogP contribution in [-0.4, -0.2) is 33.9 Å². The molecular formula is C12H17N3O3S2. The second-order valence-corrected chi connectivity index (χ2v) is 7.86. The molecule has 0 bridgehead atoms. The van der Waals surface area contributed by atoms with Crippen molar-refractivity contribution in [1.29, 1.82) is 5.26 Å². The number of nitrogen functional groups attached to an aromatic ring is 1. The van der Waals surface area contributed by atoms with E-state index in [1.165, 1.54) is 0 Å². The van der Waals surface area contributed by atoms with E-state index in [9.17, 15) is 8.42 Å². The number of nitrogens with one attached hydrogen (secondary N) is 1. The van der Waals surface area contributed by atoms with Gasteiger partial charge in [0.2, 0.25) is 0 Å². The highest BCUT2D eigenvalue weighted by Gasteiger charge is 2.26. The molecule has 0 radical (unpaired) electrons. The van der Waals surface area contributed by atoms with Crippen LogP contribution in [0.2, 0.25) is 0 Å². The first-order chi connectivity index (χ1) is 9.49. The van der Waals surface area contributed by atoms with E-state index in [1.54, 1.807) is 6.92 Å². The first-order valence-corrected chi connectivity index (χ1v) is 8.83. The van der Waals surface area contributed by atoms with Crippen LogP contribution in [0, 0.1) is 17.2 Å². The normalized spacial score (nSPS) is 18.9. The van der Waals surface area contributed by atoms with Gasteiger partial charge in [0.15, 0.2) is 9.84 Å². The van der Waals surface area contributed by atoms with E-state index in [-0.39, 0.29) is 21.2 Å². The molecule has 8 heteroatoms. The first-order valence-electron chi connectivity index (χ1n) is 6.36. The molecule has 1 aromatic heterocycles. The van der Waals surface area contributed by atoms with Gasteiger partial charge in [-0.1, -0.05) is 6.92 Å². The summed E-state index contributed by atoms with van der Waals surface area (Å²) in [6, 6.07) is 1.94. The van der Waals surface area contributed by atoms with Crippen molar-refractivity contribution in [3.8, 4) is 6.07 Å². The van der Waals surface area contributed by atoms with Crippen molar-refractivity contribution in [3.63, 3.8) is 0 Å². The predicted octanol–water partition coefficient (Wildman–Crippen LogP) is 1.44. The van der Waals surface area contributed by atoms with Crippen LogP contribution in [0.4, 0.5) is 10.7 Å². The van der Waals surface area contributed by atoms with Gasteiger partial charge in [0.1, 0.15) is 20.8 Å². The fraction of sp³-hybridized carbons (Fsp3) is 0.583.